The van der Waals surface area contributed by atoms with Crippen LogP contribution in [-0.4, -0.2) is 24.3 Å². The summed E-state index contributed by atoms with van der Waals surface area (Å²) in [5.41, 5.74) is 3.84. The van der Waals surface area contributed by atoms with Crippen molar-refractivity contribution in [1.29, 1.82) is 0 Å². The van der Waals surface area contributed by atoms with Crippen LogP contribution in [-0.2, 0) is 4.79 Å². The van der Waals surface area contributed by atoms with Crippen molar-refractivity contribution < 1.29 is 18.7 Å². The fourth-order valence-electron chi connectivity index (χ4n) is 4.61. The number of hydrogen-bond acceptors (Lipinski definition) is 3. The molecule has 4 rings (SSSR count). The number of alkyl halides is 1. The van der Waals surface area contributed by atoms with E-state index in [9.17, 15) is 9.18 Å². The van der Waals surface area contributed by atoms with Crippen molar-refractivity contribution in [1.82, 2.24) is 5.32 Å². The largest absolute Gasteiger partial charge is 0.491 e. The highest BCUT2D eigenvalue weighted by atomic mass is 19.1. The van der Waals surface area contributed by atoms with Crippen LogP contribution in [0.4, 0.5) is 4.39 Å². The Morgan fingerprint density at radius 3 is 2.48 bits per heavy atom. The van der Waals surface area contributed by atoms with E-state index in [0.717, 1.165) is 41.9 Å². The second-order valence-corrected chi connectivity index (χ2v) is 9.70. The maximum atomic E-state index is 13.0. The molecule has 2 aliphatic rings. The molecule has 0 bridgehead atoms. The van der Waals surface area contributed by atoms with Crippen LogP contribution >= 0.6 is 0 Å². The van der Waals surface area contributed by atoms with Crippen LogP contribution < -0.4 is 14.8 Å². The molecule has 1 amide bonds. The molecule has 0 aliphatic heterocycles. The number of rotatable bonds is 8. The zero-order chi connectivity index (χ0) is 23.5. The van der Waals surface area contributed by atoms with Crippen LogP contribution in [0.3, 0.4) is 0 Å². The number of carbonyl (C=O) groups excluding carboxylic acids is 1. The molecule has 1 N–H and O–H groups in total. The third-order valence-electron chi connectivity index (χ3n) is 6.66. The minimum atomic E-state index is -0.845. The van der Waals surface area contributed by atoms with E-state index in [-0.39, 0.29) is 24.0 Å². The van der Waals surface area contributed by atoms with E-state index >= 15 is 0 Å². The minimum Gasteiger partial charge on any atom is -0.491 e. The average molecular weight is 452 g/mol. The van der Waals surface area contributed by atoms with Gasteiger partial charge in [0.15, 0.2) is 0 Å². The quantitative estimate of drug-likeness (QED) is 0.510. The van der Waals surface area contributed by atoms with Crippen molar-refractivity contribution in [3.05, 3.63) is 65.7 Å². The lowest BCUT2D eigenvalue weighted by molar-refractivity contribution is -0.128. The second-order valence-electron chi connectivity index (χ2n) is 9.70. The van der Waals surface area contributed by atoms with Gasteiger partial charge in [-0.05, 0) is 106 Å². The molecule has 33 heavy (non-hydrogen) atoms. The lowest BCUT2D eigenvalue weighted by Crippen LogP contribution is -2.38. The lowest BCUT2D eigenvalue weighted by Gasteiger charge is -2.28. The first-order chi connectivity index (χ1) is 15.8. The predicted molar refractivity (Wildman–Crippen MR) is 129 cm³/mol. The highest BCUT2D eigenvalue weighted by molar-refractivity contribution is 5.88. The molecule has 0 saturated heterocycles. The SMILES string of the molecule is C=C(NC(=O)C1CC(F)C1)c1ccc(OC2CCC(c3ccc(C)c(OC(C)C)c3)C2)cc1. The monoisotopic (exact) mass is 451 g/mol. The van der Waals surface area contributed by atoms with Gasteiger partial charge in [0, 0.05) is 11.6 Å². The van der Waals surface area contributed by atoms with Crippen molar-refractivity contribution in [2.24, 2.45) is 5.92 Å². The topological polar surface area (TPSA) is 47.6 Å². The second kappa shape index (κ2) is 9.98. The first-order valence-electron chi connectivity index (χ1n) is 12.0. The maximum absolute atomic E-state index is 13.0. The van der Waals surface area contributed by atoms with Crippen LogP contribution in [0.5, 0.6) is 11.5 Å². The third-order valence-corrected chi connectivity index (χ3v) is 6.66. The lowest BCUT2D eigenvalue weighted by atomic mass is 9.83. The van der Waals surface area contributed by atoms with E-state index in [2.05, 4.69) is 50.9 Å². The molecule has 5 heteroatoms. The molecule has 2 unspecified atom stereocenters. The third kappa shape index (κ3) is 5.76. The van der Waals surface area contributed by atoms with Crippen LogP contribution in [0.25, 0.3) is 5.70 Å². The summed E-state index contributed by atoms with van der Waals surface area (Å²) in [6, 6.07) is 14.2. The van der Waals surface area contributed by atoms with E-state index < -0.39 is 6.17 Å². The van der Waals surface area contributed by atoms with Crippen molar-refractivity contribution in [3.8, 4) is 11.5 Å². The molecule has 0 radical (unpaired) electrons. The van der Waals surface area contributed by atoms with Crippen LogP contribution in [0, 0.1) is 12.8 Å². The number of amides is 1. The Morgan fingerprint density at radius 2 is 1.82 bits per heavy atom. The molecule has 176 valence electrons. The predicted octanol–water partition coefficient (Wildman–Crippen LogP) is 6.33. The van der Waals surface area contributed by atoms with Crippen LogP contribution in [0.1, 0.15) is 68.6 Å². The molecule has 2 aromatic rings. The first-order valence-corrected chi connectivity index (χ1v) is 12.0. The minimum absolute atomic E-state index is 0.149. The van der Waals surface area contributed by atoms with Gasteiger partial charge in [-0.15, -0.1) is 0 Å². The van der Waals surface area contributed by atoms with E-state index in [1.807, 2.05) is 24.3 Å². The number of halogens is 1. The highest BCUT2D eigenvalue weighted by Gasteiger charge is 2.34. The molecule has 0 heterocycles. The Balaban J connectivity index is 1.30. The zero-order valence-corrected chi connectivity index (χ0v) is 19.8. The highest BCUT2D eigenvalue weighted by Crippen LogP contribution is 2.38. The van der Waals surface area contributed by atoms with Crippen molar-refractivity contribution in [2.75, 3.05) is 0 Å². The van der Waals surface area contributed by atoms with Gasteiger partial charge >= 0.3 is 0 Å². The van der Waals surface area contributed by atoms with Crippen molar-refractivity contribution in [2.45, 2.75) is 77.2 Å². The zero-order valence-electron chi connectivity index (χ0n) is 19.8. The molecule has 4 nitrogen and oxygen atoms in total. The van der Waals surface area contributed by atoms with Crippen molar-refractivity contribution in [3.63, 3.8) is 0 Å². The molecule has 0 aromatic heterocycles. The van der Waals surface area contributed by atoms with Gasteiger partial charge in [-0.2, -0.15) is 0 Å². The summed E-state index contributed by atoms with van der Waals surface area (Å²) in [5.74, 6) is 1.86. The standard InChI is InChI=1S/C28H34FNO3/c1-17(2)32-27-16-22(6-5-18(27)3)21-9-12-26(15-21)33-25-10-7-20(8-11-25)19(4)30-28(31)23-13-24(29)14-23/h5-8,10-11,16-17,21,23-24,26H,4,9,12-15H2,1-3H3,(H,30,31). The fraction of sp³-hybridized carbons (Fsp3) is 0.464. The number of carbonyl (C=O) groups is 1. The Bertz CT molecular complexity index is 995. The van der Waals surface area contributed by atoms with Gasteiger partial charge < -0.3 is 14.8 Å². The first kappa shape index (κ1) is 23.3. The van der Waals surface area contributed by atoms with Gasteiger partial charge in [-0.1, -0.05) is 18.7 Å². The van der Waals surface area contributed by atoms with Gasteiger partial charge in [0.05, 0.1) is 12.2 Å². The Labute approximate surface area is 196 Å². The summed E-state index contributed by atoms with van der Waals surface area (Å²) in [7, 11) is 0. The molecule has 2 atom stereocenters. The van der Waals surface area contributed by atoms with Gasteiger partial charge in [-0.25, -0.2) is 4.39 Å². The van der Waals surface area contributed by atoms with Crippen LogP contribution in [0.15, 0.2) is 49.0 Å². The molecule has 0 spiro atoms. The molecule has 2 aromatic carbocycles. The van der Waals surface area contributed by atoms with Crippen molar-refractivity contribution >= 4 is 11.6 Å². The Morgan fingerprint density at radius 1 is 1.09 bits per heavy atom. The van der Waals surface area contributed by atoms with E-state index in [1.165, 1.54) is 5.56 Å². The van der Waals surface area contributed by atoms with E-state index in [4.69, 9.17) is 9.47 Å². The van der Waals surface area contributed by atoms with Gasteiger partial charge in [-0.3, -0.25) is 4.79 Å². The number of ether oxygens (including phenoxy) is 2. The summed E-state index contributed by atoms with van der Waals surface area (Å²) in [5, 5.41) is 2.80. The normalized spacial score (nSPS) is 24.3. The number of aryl methyl sites for hydroxylation is 1. The summed E-state index contributed by atoms with van der Waals surface area (Å²) in [6.07, 6.45) is 3.19. The molecular formula is C28H34FNO3. The average Bonchev–Trinajstić information content (AvgIpc) is 3.21. The molecule has 2 aliphatic carbocycles. The van der Waals surface area contributed by atoms with E-state index in [1.54, 1.807) is 0 Å². The Kier molecular flexibility index (Phi) is 7.06. The molecule has 2 fully saturated rings. The fourth-order valence-corrected chi connectivity index (χ4v) is 4.61. The van der Waals surface area contributed by atoms with E-state index in [0.29, 0.717) is 24.5 Å². The van der Waals surface area contributed by atoms with Gasteiger partial charge in [0.25, 0.3) is 0 Å². The number of benzene rings is 2. The number of nitrogens with one attached hydrogen (secondary N) is 1. The summed E-state index contributed by atoms with van der Waals surface area (Å²) in [6.45, 7) is 10.1. The van der Waals surface area contributed by atoms with Gasteiger partial charge in [0.1, 0.15) is 17.7 Å². The number of hydrogen-bond donors (Lipinski definition) is 1. The summed E-state index contributed by atoms with van der Waals surface area (Å²) >= 11 is 0. The Hall–Kier alpha value is -2.82. The molecule has 2 saturated carbocycles. The summed E-state index contributed by atoms with van der Waals surface area (Å²) in [4.78, 5) is 12.1. The van der Waals surface area contributed by atoms with Gasteiger partial charge in [0.2, 0.25) is 5.91 Å². The molecular weight excluding hydrogens is 417 g/mol. The summed E-state index contributed by atoms with van der Waals surface area (Å²) < 4.78 is 25.2. The van der Waals surface area contributed by atoms with Crippen LogP contribution in [0.2, 0.25) is 0 Å². The smallest absolute Gasteiger partial charge is 0.227 e. The maximum Gasteiger partial charge on any atom is 0.227 e.